The third kappa shape index (κ3) is 4.40. The number of rotatable bonds is 4. The third-order valence-corrected chi connectivity index (χ3v) is 4.89. The number of urea groups is 1. The van der Waals surface area contributed by atoms with E-state index in [0.717, 1.165) is 5.56 Å². The lowest BCUT2D eigenvalue weighted by atomic mass is 9.90. The molecule has 2 amide bonds. The van der Waals surface area contributed by atoms with Crippen LogP contribution < -0.4 is 5.32 Å². The van der Waals surface area contributed by atoms with E-state index in [2.05, 4.69) is 10.4 Å². The fraction of sp³-hybridized carbons (Fsp3) is 0.0909. The second-order valence-electron chi connectivity index (χ2n) is 6.91. The van der Waals surface area contributed by atoms with Gasteiger partial charge >= 0.3 is 6.03 Å². The minimum Gasteiger partial charge on any atom is -0.306 e. The second kappa shape index (κ2) is 8.31. The number of hydrazone groups is 1. The predicted molar refractivity (Wildman–Crippen MR) is 111 cm³/mol. The Morgan fingerprint density at radius 2 is 1.55 bits per heavy atom. The molecular formula is C22H16F2N4O3. The molecule has 156 valence electrons. The highest BCUT2D eigenvalue weighted by atomic mass is 19.1. The molecule has 0 aromatic heterocycles. The van der Waals surface area contributed by atoms with Crippen molar-refractivity contribution in [3.63, 3.8) is 0 Å². The van der Waals surface area contributed by atoms with Gasteiger partial charge in [0.2, 0.25) is 0 Å². The number of hydrogen-bond donors (Lipinski definition) is 1. The van der Waals surface area contributed by atoms with E-state index in [1.54, 1.807) is 24.3 Å². The van der Waals surface area contributed by atoms with Gasteiger partial charge in [-0.1, -0.05) is 24.3 Å². The smallest absolute Gasteiger partial charge is 0.306 e. The van der Waals surface area contributed by atoms with E-state index in [0.29, 0.717) is 17.0 Å². The lowest BCUT2D eigenvalue weighted by Crippen LogP contribution is -2.30. The van der Waals surface area contributed by atoms with E-state index in [-0.39, 0.29) is 24.0 Å². The van der Waals surface area contributed by atoms with E-state index in [9.17, 15) is 23.7 Å². The molecule has 4 rings (SSSR count). The number of nitrogens with one attached hydrogen (secondary N) is 1. The Balaban J connectivity index is 1.60. The first kappa shape index (κ1) is 20.1. The Bertz CT molecular complexity index is 1150. The Kier molecular flexibility index (Phi) is 5.40. The summed E-state index contributed by atoms with van der Waals surface area (Å²) in [4.78, 5) is 23.0. The molecule has 1 N–H and O–H groups in total. The van der Waals surface area contributed by atoms with Gasteiger partial charge in [-0.15, -0.1) is 0 Å². The van der Waals surface area contributed by atoms with Gasteiger partial charge in [0, 0.05) is 23.7 Å². The first-order valence-corrected chi connectivity index (χ1v) is 9.33. The molecule has 0 fully saturated rings. The summed E-state index contributed by atoms with van der Waals surface area (Å²) in [6, 6.07) is 16.5. The second-order valence-corrected chi connectivity index (χ2v) is 6.91. The number of halogens is 2. The largest absolute Gasteiger partial charge is 0.342 e. The predicted octanol–water partition coefficient (Wildman–Crippen LogP) is 4.91. The molecule has 0 aliphatic carbocycles. The number of nitrogens with zero attached hydrogens (tertiary/aromatic N) is 3. The van der Waals surface area contributed by atoms with Gasteiger partial charge in [-0.3, -0.25) is 10.1 Å². The maximum atomic E-state index is 13.4. The van der Waals surface area contributed by atoms with Gasteiger partial charge < -0.3 is 5.32 Å². The van der Waals surface area contributed by atoms with E-state index in [4.69, 9.17) is 0 Å². The van der Waals surface area contributed by atoms with E-state index in [1.807, 2.05) is 0 Å². The number of nitro benzene ring substituents is 1. The molecule has 1 unspecified atom stereocenters. The van der Waals surface area contributed by atoms with Crippen molar-refractivity contribution in [3.05, 3.63) is 106 Å². The number of benzene rings is 3. The maximum absolute atomic E-state index is 13.4. The van der Waals surface area contributed by atoms with Crippen LogP contribution in [-0.4, -0.2) is 28.2 Å². The van der Waals surface area contributed by atoms with Gasteiger partial charge in [-0.25, -0.2) is 18.6 Å². The summed E-state index contributed by atoms with van der Waals surface area (Å²) in [6.45, 7) is 0.192. The molecule has 0 saturated carbocycles. The van der Waals surface area contributed by atoms with Gasteiger partial charge in [-0.05, 0) is 47.5 Å². The Hall–Kier alpha value is -4.14. The zero-order valence-electron chi connectivity index (χ0n) is 16.0. The van der Waals surface area contributed by atoms with Gasteiger partial charge in [0.25, 0.3) is 5.69 Å². The summed E-state index contributed by atoms with van der Waals surface area (Å²) in [7, 11) is 0. The number of non-ortho nitro benzene ring substituents is 1. The number of carbonyl (C=O) groups excluding carboxylic acids is 1. The highest BCUT2D eigenvalue weighted by Gasteiger charge is 2.32. The van der Waals surface area contributed by atoms with Crippen LogP contribution in [0.25, 0.3) is 0 Å². The van der Waals surface area contributed by atoms with Gasteiger partial charge in [-0.2, -0.15) is 5.10 Å². The summed E-state index contributed by atoms with van der Waals surface area (Å²) in [5, 5.41) is 19.1. The molecule has 1 aliphatic rings. The number of nitro groups is 1. The lowest BCUT2D eigenvalue weighted by Gasteiger charge is -2.16. The summed E-state index contributed by atoms with van der Waals surface area (Å²) in [5.41, 5.74) is 2.23. The molecule has 0 bridgehead atoms. The van der Waals surface area contributed by atoms with Crippen molar-refractivity contribution in [1.82, 2.24) is 5.01 Å². The summed E-state index contributed by atoms with van der Waals surface area (Å²) < 4.78 is 26.7. The van der Waals surface area contributed by atoms with Gasteiger partial charge in [0.1, 0.15) is 11.6 Å². The van der Waals surface area contributed by atoms with Crippen molar-refractivity contribution in [1.29, 1.82) is 0 Å². The first-order chi connectivity index (χ1) is 14.9. The molecule has 1 heterocycles. The lowest BCUT2D eigenvalue weighted by molar-refractivity contribution is -0.384. The SMILES string of the molecule is O=C(Nc1ccc([N+](=O)[O-])cc1)N1CC(c2ccc(F)cc2)C(c2ccc(F)cc2)=N1. The quantitative estimate of drug-likeness (QED) is 0.479. The molecule has 9 heteroatoms. The van der Waals surface area contributed by atoms with Gasteiger partial charge in [0.15, 0.2) is 0 Å². The third-order valence-electron chi connectivity index (χ3n) is 4.89. The topological polar surface area (TPSA) is 87.8 Å². The molecular weight excluding hydrogens is 406 g/mol. The molecule has 1 atom stereocenters. The fourth-order valence-corrected chi connectivity index (χ4v) is 3.32. The molecule has 1 aliphatic heterocycles. The minimum atomic E-state index is -0.530. The van der Waals surface area contributed by atoms with Crippen LogP contribution in [0.5, 0.6) is 0 Å². The molecule has 0 spiro atoms. The van der Waals surface area contributed by atoms with Crippen molar-refractivity contribution in [2.24, 2.45) is 5.10 Å². The number of anilines is 1. The van der Waals surface area contributed by atoms with Crippen molar-refractivity contribution >= 4 is 23.1 Å². The van der Waals surface area contributed by atoms with Crippen molar-refractivity contribution in [2.75, 3.05) is 11.9 Å². The van der Waals surface area contributed by atoms with Crippen molar-refractivity contribution in [2.45, 2.75) is 5.92 Å². The summed E-state index contributed by atoms with van der Waals surface area (Å²) in [5.74, 6) is -1.11. The van der Waals surface area contributed by atoms with E-state index in [1.165, 1.54) is 53.5 Å². The van der Waals surface area contributed by atoms with Crippen molar-refractivity contribution in [3.8, 4) is 0 Å². The molecule has 3 aromatic rings. The number of amides is 2. The fourth-order valence-electron chi connectivity index (χ4n) is 3.32. The average molecular weight is 422 g/mol. The molecule has 7 nitrogen and oxygen atoms in total. The van der Waals surface area contributed by atoms with Crippen LogP contribution in [0.2, 0.25) is 0 Å². The standard InChI is InChI=1S/C22H16F2N4O3/c23-16-5-1-14(2-6-16)20-13-27(26-21(20)15-3-7-17(24)8-4-15)22(29)25-18-9-11-19(12-10-18)28(30)31/h1-12,20H,13H2,(H,25,29). The Morgan fingerprint density at radius 3 is 2.13 bits per heavy atom. The maximum Gasteiger partial charge on any atom is 0.342 e. The van der Waals surface area contributed by atoms with Crippen LogP contribution in [0.1, 0.15) is 17.0 Å². The van der Waals surface area contributed by atoms with E-state index >= 15 is 0 Å². The zero-order chi connectivity index (χ0) is 22.0. The van der Waals surface area contributed by atoms with E-state index < -0.39 is 16.8 Å². The van der Waals surface area contributed by atoms with Crippen molar-refractivity contribution < 1.29 is 18.5 Å². The molecule has 31 heavy (non-hydrogen) atoms. The van der Waals surface area contributed by atoms with Crippen LogP contribution in [0, 0.1) is 21.7 Å². The molecule has 0 saturated heterocycles. The van der Waals surface area contributed by atoms with Crippen LogP contribution in [0.4, 0.5) is 25.0 Å². The van der Waals surface area contributed by atoms with Crippen LogP contribution in [0.3, 0.4) is 0 Å². The normalized spacial score (nSPS) is 15.5. The Morgan fingerprint density at radius 1 is 0.968 bits per heavy atom. The summed E-state index contributed by atoms with van der Waals surface area (Å²) >= 11 is 0. The number of hydrogen-bond acceptors (Lipinski definition) is 4. The summed E-state index contributed by atoms with van der Waals surface area (Å²) in [6.07, 6.45) is 0. The highest BCUT2D eigenvalue weighted by molar-refractivity contribution is 6.07. The zero-order valence-corrected chi connectivity index (χ0v) is 16.0. The van der Waals surface area contributed by atoms with Gasteiger partial charge in [0.05, 0.1) is 17.2 Å². The average Bonchev–Trinajstić information content (AvgIpc) is 3.21. The molecule has 3 aromatic carbocycles. The monoisotopic (exact) mass is 422 g/mol. The Labute approximate surface area is 175 Å². The first-order valence-electron chi connectivity index (χ1n) is 9.33. The minimum absolute atomic E-state index is 0.0906. The van der Waals surface area contributed by atoms with Crippen LogP contribution in [0.15, 0.2) is 77.9 Å². The number of carbonyl (C=O) groups is 1. The van der Waals surface area contributed by atoms with Crippen LogP contribution in [-0.2, 0) is 0 Å². The molecule has 0 radical (unpaired) electrons. The van der Waals surface area contributed by atoms with Crippen LogP contribution >= 0.6 is 0 Å². The highest BCUT2D eigenvalue weighted by Crippen LogP contribution is 2.29.